The molecule has 0 heterocycles. The Hall–Kier alpha value is -0.450. The molecule has 0 saturated carbocycles. The average molecular weight is 243 g/mol. The van der Waals surface area contributed by atoms with E-state index in [4.69, 9.17) is 5.41 Å². The standard InChI is InChI=1S/C13H29N3O/c1-13(17,9-7-11-16(4)5)12(14)8-6-10-15(2)3/h14,17H,6-11H2,1-5H3. The fraction of sp³-hybridized carbons (Fsp3) is 0.923. The van der Waals surface area contributed by atoms with Crippen molar-refractivity contribution in [1.82, 2.24) is 9.80 Å². The molecule has 4 heteroatoms. The van der Waals surface area contributed by atoms with E-state index in [2.05, 4.69) is 9.80 Å². The summed E-state index contributed by atoms with van der Waals surface area (Å²) in [7, 11) is 8.10. The summed E-state index contributed by atoms with van der Waals surface area (Å²) in [5, 5.41) is 18.1. The summed E-state index contributed by atoms with van der Waals surface area (Å²) in [6.45, 7) is 3.69. The van der Waals surface area contributed by atoms with Gasteiger partial charge in [-0.1, -0.05) is 0 Å². The van der Waals surface area contributed by atoms with Crippen LogP contribution in [-0.2, 0) is 0 Å². The first-order valence-electron chi connectivity index (χ1n) is 6.35. The Balaban J connectivity index is 3.90. The molecule has 0 saturated heterocycles. The molecule has 0 bridgehead atoms. The van der Waals surface area contributed by atoms with Gasteiger partial charge < -0.3 is 20.3 Å². The van der Waals surface area contributed by atoms with Gasteiger partial charge >= 0.3 is 0 Å². The Morgan fingerprint density at radius 2 is 1.53 bits per heavy atom. The molecule has 0 radical (unpaired) electrons. The molecule has 0 spiro atoms. The highest BCUT2D eigenvalue weighted by Crippen LogP contribution is 2.16. The quantitative estimate of drug-likeness (QED) is 0.603. The zero-order chi connectivity index (χ0) is 13.5. The van der Waals surface area contributed by atoms with E-state index in [1.807, 2.05) is 28.2 Å². The number of hydrogen-bond acceptors (Lipinski definition) is 4. The summed E-state index contributed by atoms with van der Waals surface area (Å²) in [4.78, 5) is 4.21. The minimum Gasteiger partial charge on any atom is -0.384 e. The van der Waals surface area contributed by atoms with Crippen LogP contribution in [0.3, 0.4) is 0 Å². The van der Waals surface area contributed by atoms with Gasteiger partial charge in [-0.2, -0.15) is 0 Å². The molecule has 0 aromatic carbocycles. The van der Waals surface area contributed by atoms with Crippen LogP contribution in [0.25, 0.3) is 0 Å². The van der Waals surface area contributed by atoms with Gasteiger partial charge in [0.25, 0.3) is 0 Å². The molecule has 17 heavy (non-hydrogen) atoms. The van der Waals surface area contributed by atoms with Crippen LogP contribution in [0, 0.1) is 5.41 Å². The van der Waals surface area contributed by atoms with Gasteiger partial charge in [0.1, 0.15) is 0 Å². The van der Waals surface area contributed by atoms with E-state index in [-0.39, 0.29) is 0 Å². The van der Waals surface area contributed by atoms with E-state index in [0.29, 0.717) is 18.6 Å². The molecule has 2 N–H and O–H groups in total. The summed E-state index contributed by atoms with van der Waals surface area (Å²) in [6, 6.07) is 0. The van der Waals surface area contributed by atoms with Gasteiger partial charge in [-0.3, -0.25) is 0 Å². The number of nitrogens with zero attached hydrogens (tertiary/aromatic N) is 2. The predicted octanol–water partition coefficient (Wildman–Crippen LogP) is 1.44. The van der Waals surface area contributed by atoms with E-state index in [9.17, 15) is 5.11 Å². The van der Waals surface area contributed by atoms with E-state index >= 15 is 0 Å². The molecule has 0 rings (SSSR count). The molecule has 0 aliphatic rings. The zero-order valence-electron chi connectivity index (χ0n) is 12.1. The van der Waals surface area contributed by atoms with Crippen LogP contribution in [0.1, 0.15) is 32.6 Å². The second kappa shape index (κ2) is 7.80. The van der Waals surface area contributed by atoms with Gasteiger partial charge in [0.15, 0.2) is 0 Å². The molecule has 0 aliphatic carbocycles. The lowest BCUT2D eigenvalue weighted by Gasteiger charge is -2.25. The Bertz CT molecular complexity index is 225. The predicted molar refractivity (Wildman–Crippen MR) is 73.9 cm³/mol. The van der Waals surface area contributed by atoms with Crippen molar-refractivity contribution in [3.8, 4) is 0 Å². The SMILES string of the molecule is CN(C)CCCC(=N)C(C)(O)CCCN(C)C. The Labute approximate surface area is 106 Å². The van der Waals surface area contributed by atoms with Crippen LogP contribution in [0.15, 0.2) is 0 Å². The fourth-order valence-electron chi connectivity index (χ4n) is 1.73. The maximum absolute atomic E-state index is 10.2. The Morgan fingerprint density at radius 3 is 2.00 bits per heavy atom. The van der Waals surface area contributed by atoms with E-state index in [1.165, 1.54) is 0 Å². The number of aliphatic hydroxyl groups is 1. The van der Waals surface area contributed by atoms with Gasteiger partial charge in [-0.25, -0.2) is 0 Å². The molecule has 1 unspecified atom stereocenters. The van der Waals surface area contributed by atoms with Gasteiger partial charge in [-0.15, -0.1) is 0 Å². The van der Waals surface area contributed by atoms with E-state index in [0.717, 1.165) is 25.9 Å². The first-order valence-corrected chi connectivity index (χ1v) is 6.35. The van der Waals surface area contributed by atoms with Crippen molar-refractivity contribution < 1.29 is 5.11 Å². The summed E-state index contributed by atoms with van der Waals surface area (Å²) in [6.07, 6.45) is 3.23. The molecule has 0 aliphatic heterocycles. The third kappa shape index (κ3) is 8.30. The van der Waals surface area contributed by atoms with Crippen LogP contribution in [0.5, 0.6) is 0 Å². The van der Waals surface area contributed by atoms with Crippen molar-refractivity contribution in [3.05, 3.63) is 0 Å². The maximum atomic E-state index is 10.2. The lowest BCUT2D eigenvalue weighted by atomic mass is 9.91. The lowest BCUT2D eigenvalue weighted by molar-refractivity contribution is 0.113. The molecule has 0 aromatic heterocycles. The summed E-state index contributed by atoms with van der Waals surface area (Å²) >= 11 is 0. The Kier molecular flexibility index (Phi) is 7.59. The van der Waals surface area contributed by atoms with Crippen molar-refractivity contribution in [1.29, 1.82) is 5.41 Å². The fourth-order valence-corrected chi connectivity index (χ4v) is 1.73. The van der Waals surface area contributed by atoms with Crippen LogP contribution in [0.2, 0.25) is 0 Å². The molecule has 0 aromatic rings. The van der Waals surface area contributed by atoms with Gasteiger partial charge in [-0.05, 0) is 73.9 Å². The minimum absolute atomic E-state index is 0.470. The van der Waals surface area contributed by atoms with Crippen LogP contribution in [0.4, 0.5) is 0 Å². The molecular formula is C13H29N3O. The van der Waals surface area contributed by atoms with Crippen LogP contribution in [-0.4, -0.2) is 67.5 Å². The highest BCUT2D eigenvalue weighted by molar-refractivity contribution is 5.89. The number of hydrogen-bond donors (Lipinski definition) is 2. The topological polar surface area (TPSA) is 50.6 Å². The first-order chi connectivity index (χ1) is 7.75. The van der Waals surface area contributed by atoms with Crippen molar-refractivity contribution in [2.24, 2.45) is 0 Å². The van der Waals surface area contributed by atoms with E-state index in [1.54, 1.807) is 6.92 Å². The maximum Gasteiger partial charge on any atom is 0.0992 e. The van der Waals surface area contributed by atoms with Crippen molar-refractivity contribution in [2.75, 3.05) is 41.3 Å². The minimum atomic E-state index is -0.928. The second-order valence-electron chi connectivity index (χ2n) is 5.57. The molecule has 0 amide bonds. The third-order valence-electron chi connectivity index (χ3n) is 2.95. The molecule has 102 valence electrons. The second-order valence-corrected chi connectivity index (χ2v) is 5.57. The first kappa shape index (κ1) is 16.6. The highest BCUT2D eigenvalue weighted by atomic mass is 16.3. The molecule has 1 atom stereocenters. The molecular weight excluding hydrogens is 214 g/mol. The Morgan fingerprint density at radius 1 is 1.06 bits per heavy atom. The average Bonchev–Trinajstić information content (AvgIpc) is 2.15. The number of nitrogens with one attached hydrogen (secondary N) is 1. The van der Waals surface area contributed by atoms with Crippen molar-refractivity contribution in [3.63, 3.8) is 0 Å². The van der Waals surface area contributed by atoms with Crippen molar-refractivity contribution >= 4 is 5.71 Å². The lowest BCUT2D eigenvalue weighted by Crippen LogP contribution is -2.35. The zero-order valence-corrected chi connectivity index (χ0v) is 12.1. The van der Waals surface area contributed by atoms with Gasteiger partial charge in [0.05, 0.1) is 5.60 Å². The van der Waals surface area contributed by atoms with Crippen LogP contribution < -0.4 is 0 Å². The monoisotopic (exact) mass is 243 g/mol. The third-order valence-corrected chi connectivity index (χ3v) is 2.95. The molecule has 4 nitrogen and oxygen atoms in total. The summed E-state index contributed by atoms with van der Waals surface area (Å²) < 4.78 is 0. The smallest absolute Gasteiger partial charge is 0.0992 e. The van der Waals surface area contributed by atoms with Gasteiger partial charge in [0, 0.05) is 5.71 Å². The van der Waals surface area contributed by atoms with Crippen molar-refractivity contribution in [2.45, 2.75) is 38.2 Å². The largest absolute Gasteiger partial charge is 0.384 e. The summed E-state index contributed by atoms with van der Waals surface area (Å²) in [5.41, 5.74) is -0.458. The summed E-state index contributed by atoms with van der Waals surface area (Å²) in [5.74, 6) is 0. The van der Waals surface area contributed by atoms with Crippen LogP contribution >= 0.6 is 0 Å². The van der Waals surface area contributed by atoms with Gasteiger partial charge in [0.2, 0.25) is 0 Å². The number of rotatable bonds is 9. The normalized spacial score (nSPS) is 15.3. The highest BCUT2D eigenvalue weighted by Gasteiger charge is 2.25. The van der Waals surface area contributed by atoms with E-state index < -0.39 is 5.60 Å². The molecule has 0 fully saturated rings.